The van der Waals surface area contributed by atoms with Crippen LogP contribution in [-0.2, 0) is 19.3 Å². The van der Waals surface area contributed by atoms with E-state index in [0.29, 0.717) is 0 Å². The molecule has 1 aliphatic heterocycles. The van der Waals surface area contributed by atoms with Crippen LogP contribution in [0.1, 0.15) is 6.92 Å². The van der Waals surface area contributed by atoms with Gasteiger partial charge in [0.15, 0.2) is 6.29 Å². The van der Waals surface area contributed by atoms with Gasteiger partial charge in [-0.2, -0.15) is 0 Å². The van der Waals surface area contributed by atoms with Crippen molar-refractivity contribution < 1.29 is 34.7 Å². The monoisotopic (exact) mass is 252 g/mol. The van der Waals surface area contributed by atoms with E-state index in [1.54, 1.807) is 0 Å². The van der Waals surface area contributed by atoms with E-state index in [1.165, 1.54) is 6.92 Å². The molecule has 0 aromatic carbocycles. The van der Waals surface area contributed by atoms with Gasteiger partial charge in [-0.3, -0.25) is 14.9 Å². The summed E-state index contributed by atoms with van der Waals surface area (Å²) in [6.45, 7) is 0.725. The molecule has 1 fully saturated rings. The largest absolute Gasteiger partial charge is 0.394 e. The summed E-state index contributed by atoms with van der Waals surface area (Å²) in [6.07, 6.45) is -4.63. The third-order valence-corrected chi connectivity index (χ3v) is 2.49. The molecule has 17 heavy (non-hydrogen) atoms. The van der Waals surface area contributed by atoms with Crippen LogP contribution in [0, 0.1) is 0 Å². The predicted octanol–water partition coefficient (Wildman–Crippen LogP) is -2.68. The van der Waals surface area contributed by atoms with Gasteiger partial charge in [-0.05, 0) is 0 Å². The molecule has 0 aromatic rings. The van der Waals surface area contributed by atoms with E-state index in [1.807, 2.05) is 0 Å². The van der Waals surface area contributed by atoms with Crippen LogP contribution < -0.4 is 11.2 Å². The van der Waals surface area contributed by atoms with Crippen LogP contribution in [0.15, 0.2) is 0 Å². The topological polar surface area (TPSA) is 144 Å². The average Bonchev–Trinajstić information content (AvgIpc) is 2.30. The van der Waals surface area contributed by atoms with Crippen molar-refractivity contribution >= 4 is 5.91 Å². The number of aliphatic hydroxyl groups is 2. The molecule has 9 heteroatoms. The number of ether oxygens (including phenoxy) is 1. The number of hydrogen-bond donors (Lipinski definition) is 5. The molecule has 0 aromatic heterocycles. The Labute approximate surface area is 96.9 Å². The zero-order valence-electron chi connectivity index (χ0n) is 9.15. The lowest BCUT2D eigenvalue weighted by molar-refractivity contribution is -0.356. The van der Waals surface area contributed by atoms with Crippen LogP contribution in [-0.4, -0.2) is 58.6 Å². The molecule has 9 nitrogen and oxygen atoms in total. The Hall–Kier alpha value is -0.810. The Bertz CT molecular complexity index is 264. The van der Waals surface area contributed by atoms with Crippen LogP contribution in [0.4, 0.5) is 0 Å². The first-order valence-corrected chi connectivity index (χ1v) is 4.92. The van der Waals surface area contributed by atoms with E-state index in [4.69, 9.17) is 21.0 Å². The van der Waals surface area contributed by atoms with Crippen LogP contribution in [0.2, 0.25) is 0 Å². The zero-order valence-corrected chi connectivity index (χ0v) is 9.15. The number of hydrogen-bond acceptors (Lipinski definition) is 8. The van der Waals surface area contributed by atoms with Gasteiger partial charge in [-0.1, -0.05) is 0 Å². The zero-order chi connectivity index (χ0) is 13.0. The summed E-state index contributed by atoms with van der Waals surface area (Å²) in [6, 6.07) is -1.06. The molecule has 0 radical (unpaired) electrons. The highest BCUT2D eigenvalue weighted by molar-refractivity contribution is 5.73. The molecule has 0 aliphatic carbocycles. The van der Waals surface area contributed by atoms with E-state index < -0.39 is 43.2 Å². The maximum atomic E-state index is 10.9. The van der Waals surface area contributed by atoms with Gasteiger partial charge in [0.25, 0.3) is 0 Å². The smallest absolute Gasteiger partial charge is 0.217 e. The second-order valence-electron chi connectivity index (χ2n) is 3.64. The van der Waals surface area contributed by atoms with Gasteiger partial charge in [-0.15, -0.1) is 0 Å². The molecule has 1 rings (SSSR count). The molecular formula is C8H16N2O7. The Kier molecular flexibility index (Phi) is 5.21. The minimum absolute atomic E-state index is 0.460. The fourth-order valence-corrected chi connectivity index (χ4v) is 1.75. The fourth-order valence-electron chi connectivity index (χ4n) is 1.75. The number of nitrogens with one attached hydrogen (secondary N) is 1. The van der Waals surface area contributed by atoms with Gasteiger partial charge in [-0.25, -0.2) is 10.8 Å². The van der Waals surface area contributed by atoms with Gasteiger partial charge in [0.05, 0.1) is 6.61 Å². The first-order chi connectivity index (χ1) is 8.04. The highest BCUT2D eigenvalue weighted by atomic mass is 17.1. The summed E-state index contributed by atoms with van der Waals surface area (Å²) in [5, 5.41) is 29.7. The van der Waals surface area contributed by atoms with E-state index >= 15 is 0 Å². The number of nitrogens with two attached hydrogens (primary N) is 1. The van der Waals surface area contributed by atoms with E-state index in [9.17, 15) is 9.90 Å². The summed E-state index contributed by atoms with van der Waals surface area (Å²) in [4.78, 5) is 19.6. The highest BCUT2D eigenvalue weighted by Crippen LogP contribution is 2.23. The lowest BCUT2D eigenvalue weighted by Gasteiger charge is -2.41. The molecule has 1 aliphatic rings. The molecule has 100 valence electrons. The van der Waals surface area contributed by atoms with Gasteiger partial charge in [0.1, 0.15) is 24.4 Å². The van der Waals surface area contributed by atoms with Crippen molar-refractivity contribution in [3.8, 4) is 0 Å². The second kappa shape index (κ2) is 6.21. The molecule has 6 N–H and O–H groups in total. The molecule has 1 saturated heterocycles. The molecular weight excluding hydrogens is 236 g/mol. The Morgan fingerprint density at radius 2 is 2.18 bits per heavy atom. The Morgan fingerprint density at radius 3 is 2.59 bits per heavy atom. The van der Waals surface area contributed by atoms with E-state index in [0.717, 1.165) is 0 Å². The summed E-state index contributed by atoms with van der Waals surface area (Å²) in [7, 11) is 0. The summed E-state index contributed by atoms with van der Waals surface area (Å²) in [5.41, 5.74) is 0. The third kappa shape index (κ3) is 3.10. The number of rotatable bonds is 4. The number of carbonyl (C=O) groups excluding carboxylic acids is 1. The minimum atomic E-state index is -1.46. The van der Waals surface area contributed by atoms with Gasteiger partial charge in [0, 0.05) is 6.92 Å². The van der Waals surface area contributed by atoms with Crippen molar-refractivity contribution in [3.05, 3.63) is 0 Å². The fraction of sp³-hybridized carbons (Fsp3) is 0.875. The van der Waals surface area contributed by atoms with Crippen molar-refractivity contribution in [1.29, 1.82) is 0 Å². The second-order valence-corrected chi connectivity index (χ2v) is 3.64. The molecule has 1 amide bonds. The van der Waals surface area contributed by atoms with Crippen LogP contribution in [0.3, 0.4) is 0 Å². The lowest BCUT2D eigenvalue weighted by Crippen LogP contribution is -2.65. The normalized spacial score (nSPS) is 37.8. The Balaban J connectivity index is 2.86. The minimum Gasteiger partial charge on any atom is -0.394 e. The first-order valence-electron chi connectivity index (χ1n) is 4.92. The van der Waals surface area contributed by atoms with E-state index in [2.05, 4.69) is 15.0 Å². The molecule has 0 unspecified atom stereocenters. The van der Waals surface area contributed by atoms with Crippen molar-refractivity contribution in [2.45, 2.75) is 37.6 Å². The highest BCUT2D eigenvalue weighted by Gasteiger charge is 2.47. The van der Waals surface area contributed by atoms with Gasteiger partial charge < -0.3 is 20.3 Å². The SMILES string of the molecule is CC(=O)N[C@@H]1[C@@H](OO)[C@H](ON)[C@@H](CO)O[C@H]1O. The molecule has 0 spiro atoms. The van der Waals surface area contributed by atoms with Crippen molar-refractivity contribution in [1.82, 2.24) is 5.32 Å². The summed E-state index contributed by atoms with van der Waals surface area (Å²) < 4.78 is 4.98. The summed E-state index contributed by atoms with van der Waals surface area (Å²) in [5.74, 6) is 4.54. The van der Waals surface area contributed by atoms with Gasteiger partial charge in [0.2, 0.25) is 5.91 Å². The van der Waals surface area contributed by atoms with Crippen LogP contribution in [0.25, 0.3) is 0 Å². The van der Waals surface area contributed by atoms with Crippen molar-refractivity contribution in [3.63, 3.8) is 0 Å². The number of aliphatic hydroxyl groups excluding tert-OH is 2. The van der Waals surface area contributed by atoms with Crippen molar-refractivity contribution in [2.24, 2.45) is 5.90 Å². The molecule has 5 atom stereocenters. The predicted molar refractivity (Wildman–Crippen MR) is 52.1 cm³/mol. The summed E-state index contributed by atoms with van der Waals surface area (Å²) >= 11 is 0. The molecule has 0 saturated carbocycles. The maximum Gasteiger partial charge on any atom is 0.217 e. The lowest BCUT2D eigenvalue weighted by atomic mass is 9.97. The standard InChI is InChI=1S/C8H16N2O7/c1-3(12)10-5-7(17-14)6(16-9)4(2-11)15-8(5)13/h4-8,11,13-14H,2,9H2,1H3,(H,10,12)/t4-,5-,6-,7-,8-/m1/s1. The van der Waals surface area contributed by atoms with Crippen LogP contribution in [0.5, 0.6) is 0 Å². The van der Waals surface area contributed by atoms with E-state index in [-0.39, 0.29) is 0 Å². The Morgan fingerprint density at radius 1 is 1.53 bits per heavy atom. The molecule has 0 bridgehead atoms. The number of carbonyl (C=O) groups is 1. The number of amides is 1. The quantitative estimate of drug-likeness (QED) is 0.269. The van der Waals surface area contributed by atoms with Crippen LogP contribution >= 0.6 is 0 Å². The first kappa shape index (κ1) is 14.3. The maximum absolute atomic E-state index is 10.9. The van der Waals surface area contributed by atoms with Crippen molar-refractivity contribution in [2.75, 3.05) is 6.61 Å². The molecule has 1 heterocycles. The van der Waals surface area contributed by atoms with Gasteiger partial charge >= 0.3 is 0 Å². The average molecular weight is 252 g/mol. The third-order valence-electron chi connectivity index (χ3n) is 2.49.